The van der Waals surface area contributed by atoms with E-state index in [9.17, 15) is 9.59 Å². The van der Waals surface area contributed by atoms with Crippen LogP contribution in [0.1, 0.15) is 26.2 Å². The van der Waals surface area contributed by atoms with Crippen LogP contribution in [0.25, 0.3) is 0 Å². The first-order valence-corrected chi connectivity index (χ1v) is 5.58. The van der Waals surface area contributed by atoms with Gasteiger partial charge in [0.15, 0.2) is 5.60 Å². The molecule has 2 aliphatic carbocycles. The summed E-state index contributed by atoms with van der Waals surface area (Å²) >= 11 is 0. The summed E-state index contributed by atoms with van der Waals surface area (Å²) in [6.07, 6.45) is 3.25. The van der Waals surface area contributed by atoms with E-state index in [4.69, 9.17) is 9.47 Å². The minimum absolute atomic E-state index is 0.214. The molecule has 2 bridgehead atoms. The van der Waals surface area contributed by atoms with Crippen LogP contribution in [-0.2, 0) is 19.1 Å². The first-order valence-electron chi connectivity index (χ1n) is 5.58. The number of esters is 2. The zero-order valence-corrected chi connectivity index (χ0v) is 9.19. The molecule has 1 heterocycles. The molecule has 1 saturated heterocycles. The highest BCUT2D eigenvalue weighted by Crippen LogP contribution is 2.65. The van der Waals surface area contributed by atoms with Crippen molar-refractivity contribution in [3.63, 3.8) is 0 Å². The Bertz CT molecular complexity index is 402. The Hall–Kier alpha value is -1.32. The highest BCUT2D eigenvalue weighted by molar-refractivity contribution is 5.86. The summed E-state index contributed by atoms with van der Waals surface area (Å²) in [5.41, 5.74) is -1.36. The maximum Gasteiger partial charge on any atom is 0.330 e. The molecule has 4 unspecified atom stereocenters. The van der Waals surface area contributed by atoms with Crippen LogP contribution in [0.4, 0.5) is 0 Å². The number of hydrogen-bond acceptors (Lipinski definition) is 4. The van der Waals surface area contributed by atoms with Gasteiger partial charge in [-0.2, -0.15) is 0 Å². The molecule has 16 heavy (non-hydrogen) atoms. The van der Waals surface area contributed by atoms with Crippen LogP contribution in [0.2, 0.25) is 0 Å². The van der Waals surface area contributed by atoms with Crippen molar-refractivity contribution in [1.82, 2.24) is 0 Å². The summed E-state index contributed by atoms with van der Waals surface area (Å²) in [5, 5.41) is 0. The molecule has 0 aromatic carbocycles. The topological polar surface area (TPSA) is 52.6 Å². The van der Waals surface area contributed by atoms with E-state index in [1.165, 1.54) is 0 Å². The SMILES string of the molecule is C=CC(=O)OC12CC3CC1OC(=O)C2(C)C3. The third kappa shape index (κ3) is 0.867. The number of rotatable bonds is 2. The Labute approximate surface area is 93.6 Å². The number of fused-ring (bicyclic) bond motifs is 1. The smallest absolute Gasteiger partial charge is 0.330 e. The van der Waals surface area contributed by atoms with Gasteiger partial charge in [0.05, 0.1) is 0 Å². The number of ether oxygens (including phenoxy) is 2. The highest BCUT2D eigenvalue weighted by Gasteiger charge is 2.76. The predicted molar refractivity (Wildman–Crippen MR) is 54.3 cm³/mol. The van der Waals surface area contributed by atoms with Crippen LogP contribution in [0.5, 0.6) is 0 Å². The molecule has 86 valence electrons. The van der Waals surface area contributed by atoms with Gasteiger partial charge in [-0.05, 0) is 32.1 Å². The number of hydrogen-bond donors (Lipinski definition) is 0. The van der Waals surface area contributed by atoms with Crippen LogP contribution < -0.4 is 0 Å². The quantitative estimate of drug-likeness (QED) is 0.520. The first-order chi connectivity index (χ1) is 7.52. The Morgan fingerprint density at radius 3 is 3.00 bits per heavy atom. The summed E-state index contributed by atoms with van der Waals surface area (Å²) in [6.45, 7) is 5.25. The van der Waals surface area contributed by atoms with E-state index >= 15 is 0 Å². The molecule has 4 nitrogen and oxygen atoms in total. The largest absolute Gasteiger partial charge is 0.458 e. The van der Waals surface area contributed by atoms with Crippen LogP contribution in [0, 0.1) is 11.3 Å². The van der Waals surface area contributed by atoms with Gasteiger partial charge in [-0.1, -0.05) is 6.58 Å². The second kappa shape index (κ2) is 2.67. The summed E-state index contributed by atoms with van der Waals surface area (Å²) in [6, 6.07) is 0. The van der Waals surface area contributed by atoms with Crippen LogP contribution in [0.3, 0.4) is 0 Å². The fraction of sp³-hybridized carbons (Fsp3) is 0.667. The van der Waals surface area contributed by atoms with Crippen molar-refractivity contribution in [2.75, 3.05) is 0 Å². The minimum Gasteiger partial charge on any atom is -0.458 e. The molecule has 0 N–H and O–H groups in total. The monoisotopic (exact) mass is 222 g/mol. The van der Waals surface area contributed by atoms with E-state index in [-0.39, 0.29) is 12.1 Å². The summed E-state index contributed by atoms with van der Waals surface area (Å²) in [7, 11) is 0. The molecule has 0 aromatic heterocycles. The van der Waals surface area contributed by atoms with Gasteiger partial charge in [-0.25, -0.2) is 4.79 Å². The van der Waals surface area contributed by atoms with E-state index in [1.54, 1.807) is 0 Å². The van der Waals surface area contributed by atoms with Crippen molar-refractivity contribution in [1.29, 1.82) is 0 Å². The molecule has 3 fully saturated rings. The maximum absolute atomic E-state index is 11.9. The third-order valence-corrected chi connectivity index (χ3v) is 4.44. The lowest BCUT2D eigenvalue weighted by molar-refractivity contribution is -0.165. The molecule has 0 spiro atoms. The molecule has 3 rings (SSSR count). The number of carbonyl (C=O) groups excluding carboxylic acids is 2. The van der Waals surface area contributed by atoms with Crippen LogP contribution in [-0.4, -0.2) is 23.6 Å². The lowest BCUT2D eigenvalue weighted by Gasteiger charge is -2.35. The molecule has 4 heteroatoms. The second-order valence-corrected chi connectivity index (χ2v) is 5.25. The van der Waals surface area contributed by atoms with Crippen LogP contribution in [0.15, 0.2) is 12.7 Å². The Kier molecular flexibility index (Phi) is 1.65. The van der Waals surface area contributed by atoms with E-state index in [1.807, 2.05) is 6.92 Å². The van der Waals surface area contributed by atoms with Gasteiger partial charge in [0.2, 0.25) is 0 Å². The zero-order valence-electron chi connectivity index (χ0n) is 9.19. The molecule has 0 radical (unpaired) electrons. The summed E-state index contributed by atoms with van der Waals surface area (Å²) in [4.78, 5) is 23.3. The fourth-order valence-electron chi connectivity index (χ4n) is 3.72. The van der Waals surface area contributed by atoms with E-state index in [0.717, 1.165) is 25.3 Å². The first kappa shape index (κ1) is 9.87. The van der Waals surface area contributed by atoms with Gasteiger partial charge in [0.25, 0.3) is 0 Å². The summed E-state index contributed by atoms with van der Waals surface area (Å²) < 4.78 is 10.8. The van der Waals surface area contributed by atoms with E-state index < -0.39 is 17.0 Å². The zero-order chi connectivity index (χ0) is 11.6. The van der Waals surface area contributed by atoms with Gasteiger partial charge >= 0.3 is 11.9 Å². The third-order valence-electron chi connectivity index (χ3n) is 4.44. The Morgan fingerprint density at radius 2 is 2.38 bits per heavy atom. The number of carbonyl (C=O) groups is 2. The molecule has 4 atom stereocenters. The minimum atomic E-state index is -0.722. The Morgan fingerprint density at radius 1 is 1.62 bits per heavy atom. The highest BCUT2D eigenvalue weighted by atomic mass is 16.6. The van der Waals surface area contributed by atoms with Crippen molar-refractivity contribution >= 4 is 11.9 Å². The van der Waals surface area contributed by atoms with Crippen molar-refractivity contribution in [2.45, 2.75) is 37.9 Å². The van der Waals surface area contributed by atoms with Crippen molar-refractivity contribution in [3.05, 3.63) is 12.7 Å². The average Bonchev–Trinajstić information content (AvgIpc) is 2.71. The van der Waals surface area contributed by atoms with Gasteiger partial charge in [-0.15, -0.1) is 0 Å². The molecule has 2 saturated carbocycles. The predicted octanol–water partition coefficient (Wildman–Crippen LogP) is 1.20. The van der Waals surface area contributed by atoms with Crippen molar-refractivity contribution in [3.8, 4) is 0 Å². The summed E-state index contributed by atoms with van der Waals surface area (Å²) in [5.74, 6) is -0.231. The maximum atomic E-state index is 11.9. The normalized spacial score (nSPS) is 47.9. The molecule has 3 aliphatic rings. The van der Waals surface area contributed by atoms with Gasteiger partial charge in [0, 0.05) is 6.08 Å². The van der Waals surface area contributed by atoms with Gasteiger partial charge < -0.3 is 9.47 Å². The lowest BCUT2D eigenvalue weighted by Crippen LogP contribution is -2.49. The van der Waals surface area contributed by atoms with Crippen LogP contribution >= 0.6 is 0 Å². The molecule has 0 amide bonds. The molecule has 1 aliphatic heterocycles. The second-order valence-electron chi connectivity index (χ2n) is 5.25. The molecular weight excluding hydrogens is 208 g/mol. The molecule has 0 aromatic rings. The molecular formula is C12H14O4. The van der Waals surface area contributed by atoms with E-state index in [0.29, 0.717) is 5.92 Å². The van der Waals surface area contributed by atoms with Gasteiger partial charge in [0.1, 0.15) is 11.5 Å². The lowest BCUT2D eigenvalue weighted by atomic mass is 9.72. The Balaban J connectivity index is 2.03. The van der Waals surface area contributed by atoms with Crippen molar-refractivity contribution in [2.24, 2.45) is 11.3 Å². The fourth-order valence-corrected chi connectivity index (χ4v) is 3.72. The van der Waals surface area contributed by atoms with Crippen molar-refractivity contribution < 1.29 is 19.1 Å². The van der Waals surface area contributed by atoms with E-state index in [2.05, 4.69) is 6.58 Å². The standard InChI is InChI=1S/C12H14O4/c1-3-9(13)16-12-6-7-4-8(12)15-10(14)11(12,2)5-7/h3,7-8H,1,4-6H2,2H3. The van der Waals surface area contributed by atoms with Gasteiger partial charge in [-0.3, -0.25) is 4.79 Å². The average molecular weight is 222 g/mol.